The van der Waals surface area contributed by atoms with Gasteiger partial charge in [0.1, 0.15) is 5.82 Å². The topological polar surface area (TPSA) is 42.1 Å². The Hall–Kier alpha value is -1.09. The standard InChI is InChI=1S/C13H21N3/c1-3-12-6-4-10(2)16(12)9-11-5-7-13(14)15-8-11/h5,7-8,10,12H,3-4,6,9H2,1-2H3,(H2,14,15). The zero-order valence-corrected chi connectivity index (χ0v) is 10.2. The van der Waals surface area contributed by atoms with Crippen LogP contribution in [0.15, 0.2) is 18.3 Å². The zero-order chi connectivity index (χ0) is 11.5. The molecule has 3 nitrogen and oxygen atoms in total. The molecule has 0 saturated carbocycles. The third-order valence-corrected chi connectivity index (χ3v) is 3.64. The Bertz CT molecular complexity index is 334. The monoisotopic (exact) mass is 219 g/mol. The molecule has 88 valence electrons. The molecule has 1 aliphatic rings. The van der Waals surface area contributed by atoms with Crippen molar-refractivity contribution in [3.05, 3.63) is 23.9 Å². The van der Waals surface area contributed by atoms with E-state index in [1.165, 1.54) is 24.8 Å². The number of nitrogens with two attached hydrogens (primary N) is 1. The van der Waals surface area contributed by atoms with Gasteiger partial charge in [-0.05, 0) is 37.8 Å². The van der Waals surface area contributed by atoms with Crippen LogP contribution in [-0.4, -0.2) is 22.0 Å². The maximum Gasteiger partial charge on any atom is 0.123 e. The lowest BCUT2D eigenvalue weighted by molar-refractivity contribution is 0.189. The average molecular weight is 219 g/mol. The van der Waals surface area contributed by atoms with E-state index in [1.807, 2.05) is 12.3 Å². The van der Waals surface area contributed by atoms with E-state index < -0.39 is 0 Å². The summed E-state index contributed by atoms with van der Waals surface area (Å²) in [5.41, 5.74) is 6.86. The molecule has 1 aliphatic heterocycles. The minimum atomic E-state index is 0.602. The number of anilines is 1. The second kappa shape index (κ2) is 4.83. The molecule has 0 bridgehead atoms. The fourth-order valence-electron chi connectivity index (χ4n) is 2.59. The summed E-state index contributed by atoms with van der Waals surface area (Å²) in [6, 6.07) is 5.41. The highest BCUT2D eigenvalue weighted by molar-refractivity contribution is 5.29. The molecule has 1 fully saturated rings. The van der Waals surface area contributed by atoms with Gasteiger partial charge in [-0.1, -0.05) is 13.0 Å². The van der Waals surface area contributed by atoms with Crippen molar-refractivity contribution < 1.29 is 0 Å². The molecule has 0 aliphatic carbocycles. The molecule has 0 spiro atoms. The molecule has 0 aromatic carbocycles. The van der Waals surface area contributed by atoms with Gasteiger partial charge in [0.05, 0.1) is 0 Å². The van der Waals surface area contributed by atoms with Gasteiger partial charge in [-0.2, -0.15) is 0 Å². The van der Waals surface area contributed by atoms with Gasteiger partial charge < -0.3 is 5.73 Å². The number of aromatic nitrogens is 1. The molecule has 1 aromatic heterocycles. The van der Waals surface area contributed by atoms with Gasteiger partial charge in [0.25, 0.3) is 0 Å². The molecule has 2 heterocycles. The zero-order valence-electron chi connectivity index (χ0n) is 10.2. The average Bonchev–Trinajstić information content (AvgIpc) is 2.63. The highest BCUT2D eigenvalue weighted by atomic mass is 15.2. The molecule has 2 N–H and O–H groups in total. The maximum atomic E-state index is 5.59. The van der Waals surface area contributed by atoms with Crippen LogP contribution in [0.2, 0.25) is 0 Å². The van der Waals surface area contributed by atoms with Gasteiger partial charge in [0.15, 0.2) is 0 Å². The first kappa shape index (κ1) is 11.4. The summed E-state index contributed by atoms with van der Waals surface area (Å²) in [5, 5.41) is 0. The van der Waals surface area contributed by atoms with Crippen molar-refractivity contribution in [1.29, 1.82) is 0 Å². The van der Waals surface area contributed by atoms with Crippen molar-refractivity contribution in [3.8, 4) is 0 Å². The Balaban J connectivity index is 2.05. The number of hydrogen-bond donors (Lipinski definition) is 1. The van der Waals surface area contributed by atoms with Crippen LogP contribution in [-0.2, 0) is 6.54 Å². The van der Waals surface area contributed by atoms with Crippen molar-refractivity contribution >= 4 is 5.82 Å². The lowest BCUT2D eigenvalue weighted by Gasteiger charge is -2.27. The van der Waals surface area contributed by atoms with Crippen LogP contribution in [0.4, 0.5) is 5.82 Å². The third kappa shape index (κ3) is 2.35. The van der Waals surface area contributed by atoms with Gasteiger partial charge in [-0.3, -0.25) is 4.90 Å². The van der Waals surface area contributed by atoms with Gasteiger partial charge in [-0.25, -0.2) is 4.98 Å². The summed E-state index contributed by atoms with van der Waals surface area (Å²) < 4.78 is 0. The number of hydrogen-bond acceptors (Lipinski definition) is 3. The highest BCUT2D eigenvalue weighted by Crippen LogP contribution is 2.27. The lowest BCUT2D eigenvalue weighted by Crippen LogP contribution is -2.33. The van der Waals surface area contributed by atoms with Gasteiger partial charge >= 0.3 is 0 Å². The van der Waals surface area contributed by atoms with Crippen molar-refractivity contribution in [2.45, 2.75) is 51.7 Å². The van der Waals surface area contributed by atoms with E-state index in [2.05, 4.69) is 29.8 Å². The molecular weight excluding hydrogens is 198 g/mol. The number of nitrogens with zero attached hydrogens (tertiary/aromatic N) is 2. The second-order valence-corrected chi connectivity index (χ2v) is 4.75. The van der Waals surface area contributed by atoms with Crippen LogP contribution in [0, 0.1) is 0 Å². The summed E-state index contributed by atoms with van der Waals surface area (Å²) in [7, 11) is 0. The second-order valence-electron chi connectivity index (χ2n) is 4.75. The van der Waals surface area contributed by atoms with Crippen LogP contribution in [0.25, 0.3) is 0 Å². The highest BCUT2D eigenvalue weighted by Gasteiger charge is 2.28. The van der Waals surface area contributed by atoms with Crippen LogP contribution in [0.3, 0.4) is 0 Å². The molecule has 1 aromatic rings. The Labute approximate surface area is 97.7 Å². The SMILES string of the molecule is CCC1CCC(C)N1Cc1ccc(N)nc1. The van der Waals surface area contributed by atoms with Crippen molar-refractivity contribution in [2.24, 2.45) is 0 Å². The van der Waals surface area contributed by atoms with Crippen molar-refractivity contribution in [1.82, 2.24) is 9.88 Å². The van der Waals surface area contributed by atoms with Crippen LogP contribution >= 0.6 is 0 Å². The fraction of sp³-hybridized carbons (Fsp3) is 0.615. The number of pyridine rings is 1. The Morgan fingerprint density at radius 2 is 2.25 bits per heavy atom. The molecule has 0 radical (unpaired) electrons. The largest absolute Gasteiger partial charge is 0.384 e. The van der Waals surface area contributed by atoms with Crippen molar-refractivity contribution in [2.75, 3.05) is 5.73 Å². The summed E-state index contributed by atoms with van der Waals surface area (Å²) in [4.78, 5) is 6.74. The first-order chi connectivity index (χ1) is 7.70. The first-order valence-electron chi connectivity index (χ1n) is 6.17. The molecule has 2 unspecified atom stereocenters. The molecule has 2 atom stereocenters. The fourth-order valence-corrected chi connectivity index (χ4v) is 2.59. The summed E-state index contributed by atoms with van der Waals surface area (Å²) in [6.45, 7) is 5.60. The Kier molecular flexibility index (Phi) is 3.44. The summed E-state index contributed by atoms with van der Waals surface area (Å²) in [6.07, 6.45) is 5.79. The predicted octanol–water partition coefficient (Wildman–Crippen LogP) is 2.43. The van der Waals surface area contributed by atoms with E-state index in [0.29, 0.717) is 11.9 Å². The van der Waals surface area contributed by atoms with Crippen LogP contribution in [0.5, 0.6) is 0 Å². The lowest BCUT2D eigenvalue weighted by atomic mass is 10.1. The van der Waals surface area contributed by atoms with Gasteiger partial charge in [0, 0.05) is 24.8 Å². The van der Waals surface area contributed by atoms with Gasteiger partial charge in [-0.15, -0.1) is 0 Å². The number of likely N-dealkylation sites (tertiary alicyclic amines) is 1. The molecule has 16 heavy (non-hydrogen) atoms. The smallest absolute Gasteiger partial charge is 0.123 e. The van der Waals surface area contributed by atoms with Crippen LogP contribution < -0.4 is 5.73 Å². The molecule has 3 heteroatoms. The van der Waals surface area contributed by atoms with E-state index in [4.69, 9.17) is 5.73 Å². The van der Waals surface area contributed by atoms with Crippen molar-refractivity contribution in [3.63, 3.8) is 0 Å². The first-order valence-corrected chi connectivity index (χ1v) is 6.17. The summed E-state index contributed by atoms with van der Waals surface area (Å²) >= 11 is 0. The Morgan fingerprint density at radius 1 is 1.44 bits per heavy atom. The molecule has 0 amide bonds. The van der Waals surface area contributed by atoms with E-state index in [-0.39, 0.29) is 0 Å². The summed E-state index contributed by atoms with van der Waals surface area (Å²) in [5.74, 6) is 0.602. The molecule has 1 saturated heterocycles. The van der Waals surface area contributed by atoms with E-state index in [9.17, 15) is 0 Å². The molecular formula is C13H21N3. The van der Waals surface area contributed by atoms with E-state index in [0.717, 1.165) is 12.6 Å². The third-order valence-electron chi connectivity index (χ3n) is 3.64. The molecule has 2 rings (SSSR count). The normalized spacial score (nSPS) is 26.1. The predicted molar refractivity (Wildman–Crippen MR) is 67.0 cm³/mol. The van der Waals surface area contributed by atoms with E-state index in [1.54, 1.807) is 0 Å². The number of rotatable bonds is 3. The number of nitrogen functional groups attached to an aromatic ring is 1. The quantitative estimate of drug-likeness (QED) is 0.849. The van der Waals surface area contributed by atoms with E-state index >= 15 is 0 Å². The minimum Gasteiger partial charge on any atom is -0.384 e. The van der Waals surface area contributed by atoms with Crippen LogP contribution in [0.1, 0.15) is 38.7 Å². The Morgan fingerprint density at radius 3 is 2.88 bits per heavy atom. The van der Waals surface area contributed by atoms with Gasteiger partial charge in [0.2, 0.25) is 0 Å². The maximum absolute atomic E-state index is 5.59. The minimum absolute atomic E-state index is 0.602.